The van der Waals surface area contributed by atoms with E-state index in [2.05, 4.69) is 44.7 Å². The minimum Gasteiger partial charge on any atom is -0.379 e. The number of anilines is 1. The van der Waals surface area contributed by atoms with Crippen molar-refractivity contribution in [2.24, 2.45) is 5.92 Å². The zero-order valence-electron chi connectivity index (χ0n) is 13.1. The number of rotatable bonds is 6. The average Bonchev–Trinajstić information content (AvgIpc) is 2.99. The van der Waals surface area contributed by atoms with E-state index in [1.807, 2.05) is 12.1 Å². The number of hydrogen-bond acceptors (Lipinski definition) is 7. The Morgan fingerprint density at radius 2 is 2.09 bits per heavy atom. The molecule has 2 aromatic rings. The van der Waals surface area contributed by atoms with Crippen molar-refractivity contribution in [2.75, 3.05) is 38.2 Å². The van der Waals surface area contributed by atoms with E-state index in [4.69, 9.17) is 4.74 Å². The lowest BCUT2D eigenvalue weighted by molar-refractivity contribution is 0.0150. The average molecular weight is 305 g/mol. The molecule has 0 saturated carbocycles. The molecule has 22 heavy (non-hydrogen) atoms. The maximum Gasteiger partial charge on any atom is 0.200 e. The number of nitrogens with zero attached hydrogens (tertiary/aromatic N) is 6. The molecule has 0 aromatic carbocycles. The van der Waals surface area contributed by atoms with Gasteiger partial charge in [-0.1, -0.05) is 13.8 Å². The van der Waals surface area contributed by atoms with Gasteiger partial charge in [0.1, 0.15) is 5.82 Å². The summed E-state index contributed by atoms with van der Waals surface area (Å²) >= 11 is 0. The van der Waals surface area contributed by atoms with Gasteiger partial charge in [-0.2, -0.15) is 0 Å². The Labute approximate surface area is 129 Å². The summed E-state index contributed by atoms with van der Waals surface area (Å²) in [5.74, 6) is 1.45. The summed E-state index contributed by atoms with van der Waals surface area (Å²) in [6.45, 7) is 9.03. The first-order valence-electron chi connectivity index (χ1n) is 7.83. The zero-order chi connectivity index (χ0) is 15.4. The minimum absolute atomic E-state index is 0.482. The SMILES string of the molecule is CC(C)C[C@H](CNc1ccc2nnnn2n1)N1CCOCC1. The van der Waals surface area contributed by atoms with E-state index in [0.29, 0.717) is 17.6 Å². The first kappa shape index (κ1) is 15.1. The van der Waals surface area contributed by atoms with Gasteiger partial charge in [0.25, 0.3) is 0 Å². The summed E-state index contributed by atoms with van der Waals surface area (Å²) in [5, 5.41) is 19.1. The number of hydrogen-bond donors (Lipinski definition) is 1. The van der Waals surface area contributed by atoms with E-state index in [0.717, 1.165) is 45.1 Å². The summed E-state index contributed by atoms with van der Waals surface area (Å²) in [5.41, 5.74) is 0.650. The summed E-state index contributed by atoms with van der Waals surface area (Å²) in [6, 6.07) is 4.26. The van der Waals surface area contributed by atoms with Crippen LogP contribution in [0.4, 0.5) is 5.82 Å². The first-order valence-corrected chi connectivity index (χ1v) is 7.83. The van der Waals surface area contributed by atoms with Crippen molar-refractivity contribution in [3.63, 3.8) is 0 Å². The van der Waals surface area contributed by atoms with Gasteiger partial charge in [0.05, 0.1) is 13.2 Å². The van der Waals surface area contributed by atoms with Crippen LogP contribution >= 0.6 is 0 Å². The minimum atomic E-state index is 0.482. The van der Waals surface area contributed by atoms with Crippen molar-refractivity contribution < 1.29 is 4.74 Å². The van der Waals surface area contributed by atoms with E-state index in [-0.39, 0.29) is 0 Å². The van der Waals surface area contributed by atoms with Crippen molar-refractivity contribution in [1.82, 2.24) is 30.2 Å². The van der Waals surface area contributed by atoms with Crippen LogP contribution in [0.15, 0.2) is 12.1 Å². The van der Waals surface area contributed by atoms with Crippen LogP contribution in [0.25, 0.3) is 5.65 Å². The molecule has 1 N–H and O–H groups in total. The smallest absolute Gasteiger partial charge is 0.200 e. The Bertz CT molecular complexity index is 594. The fraction of sp³-hybridized carbons (Fsp3) is 0.714. The molecule has 1 aliphatic heterocycles. The molecule has 1 saturated heterocycles. The van der Waals surface area contributed by atoms with Crippen molar-refractivity contribution in [1.29, 1.82) is 0 Å². The van der Waals surface area contributed by atoms with Crippen LogP contribution in [0.3, 0.4) is 0 Å². The first-order chi connectivity index (χ1) is 10.7. The zero-order valence-corrected chi connectivity index (χ0v) is 13.1. The molecule has 3 heterocycles. The second-order valence-electron chi connectivity index (χ2n) is 6.06. The van der Waals surface area contributed by atoms with E-state index >= 15 is 0 Å². The maximum absolute atomic E-state index is 5.46. The van der Waals surface area contributed by atoms with Crippen LogP contribution in [0, 0.1) is 5.92 Å². The Morgan fingerprint density at radius 3 is 2.86 bits per heavy atom. The number of tetrazole rings is 1. The molecule has 0 bridgehead atoms. The van der Waals surface area contributed by atoms with E-state index in [9.17, 15) is 0 Å². The lowest BCUT2D eigenvalue weighted by Crippen LogP contribution is -2.47. The topological polar surface area (TPSA) is 80.5 Å². The number of ether oxygens (including phenoxy) is 1. The molecule has 8 heteroatoms. The number of aromatic nitrogens is 5. The third-order valence-electron chi connectivity index (χ3n) is 3.89. The second-order valence-corrected chi connectivity index (χ2v) is 6.06. The number of nitrogens with one attached hydrogen (secondary N) is 1. The Kier molecular flexibility index (Phi) is 4.79. The fourth-order valence-corrected chi connectivity index (χ4v) is 2.81. The van der Waals surface area contributed by atoms with Crippen LogP contribution in [-0.2, 0) is 4.74 Å². The standard InChI is InChI=1S/C14H23N7O/c1-11(2)9-12(20-5-7-22-8-6-20)10-15-13-3-4-14-16-18-19-21(14)17-13/h3-4,11-12H,5-10H2,1-2H3,(H,15,17)/t12-/m1/s1. The molecule has 0 aliphatic carbocycles. The quantitative estimate of drug-likeness (QED) is 0.840. The predicted molar refractivity (Wildman–Crippen MR) is 82.7 cm³/mol. The summed E-state index contributed by atoms with van der Waals surface area (Å²) in [6.07, 6.45) is 1.15. The van der Waals surface area contributed by atoms with Gasteiger partial charge in [0, 0.05) is 25.7 Å². The fourth-order valence-electron chi connectivity index (χ4n) is 2.81. The van der Waals surface area contributed by atoms with Crippen LogP contribution in [0.2, 0.25) is 0 Å². The van der Waals surface area contributed by atoms with Crippen molar-refractivity contribution in [2.45, 2.75) is 26.3 Å². The van der Waals surface area contributed by atoms with E-state index < -0.39 is 0 Å². The number of fused-ring (bicyclic) bond motifs is 1. The molecule has 1 aliphatic rings. The van der Waals surface area contributed by atoms with E-state index in [1.54, 1.807) is 0 Å². The molecular weight excluding hydrogens is 282 g/mol. The highest BCUT2D eigenvalue weighted by Crippen LogP contribution is 2.14. The largest absolute Gasteiger partial charge is 0.379 e. The van der Waals surface area contributed by atoms with Gasteiger partial charge in [-0.05, 0) is 34.9 Å². The Hall–Kier alpha value is -1.80. The molecule has 1 atom stereocenters. The third kappa shape index (κ3) is 3.69. The summed E-state index contributed by atoms with van der Waals surface area (Å²) < 4.78 is 6.90. The Balaban J connectivity index is 1.64. The normalized spacial score (nSPS) is 18.0. The van der Waals surface area contributed by atoms with Crippen LogP contribution in [-0.4, -0.2) is 69.0 Å². The van der Waals surface area contributed by atoms with Gasteiger partial charge in [0.2, 0.25) is 0 Å². The van der Waals surface area contributed by atoms with Gasteiger partial charge in [-0.15, -0.1) is 14.8 Å². The molecule has 8 nitrogen and oxygen atoms in total. The van der Waals surface area contributed by atoms with Crippen molar-refractivity contribution in [3.8, 4) is 0 Å². The molecule has 1 fully saturated rings. The monoisotopic (exact) mass is 305 g/mol. The van der Waals surface area contributed by atoms with Crippen LogP contribution in [0.5, 0.6) is 0 Å². The van der Waals surface area contributed by atoms with Crippen molar-refractivity contribution >= 4 is 11.5 Å². The molecule has 2 aromatic heterocycles. The number of morpholine rings is 1. The lowest BCUT2D eigenvalue weighted by Gasteiger charge is -2.35. The molecule has 0 unspecified atom stereocenters. The highest BCUT2D eigenvalue weighted by atomic mass is 16.5. The molecular formula is C14H23N7O. The molecule has 0 spiro atoms. The van der Waals surface area contributed by atoms with Gasteiger partial charge in [-0.25, -0.2) is 0 Å². The molecule has 0 radical (unpaired) electrons. The highest BCUT2D eigenvalue weighted by molar-refractivity contribution is 5.42. The van der Waals surface area contributed by atoms with Crippen LogP contribution in [0.1, 0.15) is 20.3 Å². The summed E-state index contributed by atoms with van der Waals surface area (Å²) in [4.78, 5) is 2.51. The third-order valence-corrected chi connectivity index (χ3v) is 3.89. The van der Waals surface area contributed by atoms with Gasteiger partial charge >= 0.3 is 0 Å². The van der Waals surface area contributed by atoms with Crippen LogP contribution < -0.4 is 5.32 Å². The molecule has 120 valence electrons. The van der Waals surface area contributed by atoms with Crippen molar-refractivity contribution in [3.05, 3.63) is 12.1 Å². The highest BCUT2D eigenvalue weighted by Gasteiger charge is 2.21. The lowest BCUT2D eigenvalue weighted by atomic mass is 10.0. The second kappa shape index (κ2) is 6.97. The molecule has 0 amide bonds. The Morgan fingerprint density at radius 1 is 1.27 bits per heavy atom. The van der Waals surface area contributed by atoms with Gasteiger partial charge < -0.3 is 10.1 Å². The predicted octanol–water partition coefficient (Wildman–Crippen LogP) is 0.678. The van der Waals surface area contributed by atoms with Gasteiger partial charge in [-0.3, -0.25) is 4.90 Å². The maximum atomic E-state index is 5.46. The summed E-state index contributed by atoms with van der Waals surface area (Å²) in [7, 11) is 0. The van der Waals surface area contributed by atoms with Gasteiger partial charge in [0.15, 0.2) is 5.65 Å². The molecule has 3 rings (SSSR count). The van der Waals surface area contributed by atoms with E-state index in [1.165, 1.54) is 4.63 Å².